The monoisotopic (exact) mass is 386 g/mol. The van der Waals surface area contributed by atoms with Crippen molar-refractivity contribution < 1.29 is 9.53 Å². The molecule has 0 saturated carbocycles. The van der Waals surface area contributed by atoms with Gasteiger partial charge in [-0.05, 0) is 35.2 Å². The van der Waals surface area contributed by atoms with E-state index in [9.17, 15) is 4.79 Å². The molecule has 1 amide bonds. The second-order valence-electron chi connectivity index (χ2n) is 6.76. The Labute approximate surface area is 165 Å². The molecule has 0 unspecified atom stereocenters. The molecule has 8 heteroatoms. The van der Waals surface area contributed by atoms with Crippen molar-refractivity contribution in [3.8, 4) is 16.9 Å². The first-order chi connectivity index (χ1) is 14.1. The van der Waals surface area contributed by atoms with Crippen LogP contribution in [0.4, 0.5) is 5.95 Å². The number of ether oxygens (including phenoxy) is 1. The number of carbonyl (C=O) groups is 1. The Morgan fingerprint density at radius 3 is 2.90 bits per heavy atom. The van der Waals surface area contributed by atoms with Crippen LogP contribution in [0.2, 0.25) is 0 Å². The summed E-state index contributed by atoms with van der Waals surface area (Å²) in [5.74, 6) is 0.713. The molecule has 3 heterocycles. The van der Waals surface area contributed by atoms with Crippen molar-refractivity contribution in [2.75, 3.05) is 12.4 Å². The van der Waals surface area contributed by atoms with Crippen LogP contribution in [0, 0.1) is 0 Å². The van der Waals surface area contributed by atoms with Crippen molar-refractivity contribution in [2.24, 2.45) is 7.05 Å². The van der Waals surface area contributed by atoms with Gasteiger partial charge in [0, 0.05) is 30.5 Å². The van der Waals surface area contributed by atoms with Crippen LogP contribution in [0.25, 0.3) is 33.1 Å². The molecule has 0 aliphatic heterocycles. The summed E-state index contributed by atoms with van der Waals surface area (Å²) in [4.78, 5) is 23.5. The van der Waals surface area contributed by atoms with Gasteiger partial charge in [-0.25, -0.2) is 4.98 Å². The molecule has 0 spiro atoms. The van der Waals surface area contributed by atoms with Gasteiger partial charge in [-0.3, -0.25) is 14.8 Å². The lowest BCUT2D eigenvalue weighted by atomic mass is 10.0. The van der Waals surface area contributed by atoms with Crippen LogP contribution in [0.15, 0.2) is 55.0 Å². The van der Waals surface area contributed by atoms with Gasteiger partial charge in [-0.15, -0.1) is 0 Å². The van der Waals surface area contributed by atoms with E-state index in [4.69, 9.17) is 4.74 Å². The van der Waals surface area contributed by atoms with E-state index in [1.54, 1.807) is 25.0 Å². The first-order valence-corrected chi connectivity index (χ1v) is 9.06. The smallest absolute Gasteiger partial charge is 0.261 e. The van der Waals surface area contributed by atoms with Crippen molar-refractivity contribution in [1.29, 1.82) is 0 Å². The molecule has 0 saturated heterocycles. The molecule has 29 heavy (non-hydrogen) atoms. The van der Waals surface area contributed by atoms with Crippen LogP contribution in [-0.2, 0) is 7.05 Å². The van der Waals surface area contributed by atoms with Gasteiger partial charge in [0.05, 0.1) is 18.9 Å². The van der Waals surface area contributed by atoms with Crippen molar-refractivity contribution in [2.45, 2.75) is 0 Å². The highest BCUT2D eigenvalue weighted by Crippen LogP contribution is 2.35. The summed E-state index contributed by atoms with van der Waals surface area (Å²) in [7, 11) is 3.37. The number of imidazole rings is 1. The van der Waals surface area contributed by atoms with E-state index in [1.165, 1.54) is 6.20 Å². The number of hydrogen-bond donors (Lipinski definition) is 3. The maximum atomic E-state index is 12.5. The Morgan fingerprint density at radius 2 is 2.10 bits per heavy atom. The van der Waals surface area contributed by atoms with Crippen molar-refractivity contribution >= 4 is 33.8 Å². The van der Waals surface area contributed by atoms with Gasteiger partial charge in [0.2, 0.25) is 5.95 Å². The zero-order valence-electron chi connectivity index (χ0n) is 15.9. The number of aromatic nitrogens is 5. The summed E-state index contributed by atoms with van der Waals surface area (Å²) >= 11 is 0. The third-order valence-corrected chi connectivity index (χ3v) is 4.89. The van der Waals surface area contributed by atoms with Gasteiger partial charge >= 0.3 is 0 Å². The fourth-order valence-electron chi connectivity index (χ4n) is 3.46. The van der Waals surface area contributed by atoms with Gasteiger partial charge in [-0.1, -0.05) is 12.1 Å². The lowest BCUT2D eigenvalue weighted by Gasteiger charge is -2.06. The second kappa shape index (κ2) is 6.52. The van der Waals surface area contributed by atoms with Gasteiger partial charge in [0.25, 0.3) is 5.91 Å². The highest BCUT2D eigenvalue weighted by atomic mass is 16.5. The molecule has 3 aromatic heterocycles. The number of H-pyrrole nitrogens is 2. The van der Waals surface area contributed by atoms with E-state index in [1.807, 2.05) is 24.4 Å². The number of fused-ring (bicyclic) bond motifs is 2. The molecule has 2 aromatic carbocycles. The Kier molecular flexibility index (Phi) is 3.83. The molecule has 5 aromatic rings. The normalized spacial score (nSPS) is 11.2. The van der Waals surface area contributed by atoms with E-state index in [-0.39, 0.29) is 5.91 Å². The predicted octanol–water partition coefficient (Wildman–Crippen LogP) is 3.71. The summed E-state index contributed by atoms with van der Waals surface area (Å²) < 4.78 is 7.05. The zero-order valence-corrected chi connectivity index (χ0v) is 15.9. The SMILES string of the molecule is COc1ccc(-c2ccc3cc[nH]c3c2)c2nc(NC(=O)c3cnn(C)c3)[nH]c12. The Balaban J connectivity index is 1.59. The number of rotatable bonds is 4. The summed E-state index contributed by atoms with van der Waals surface area (Å²) in [6.07, 6.45) is 5.07. The van der Waals surface area contributed by atoms with Crippen molar-refractivity contribution in [1.82, 2.24) is 24.7 Å². The van der Waals surface area contributed by atoms with E-state index in [0.717, 1.165) is 33.1 Å². The molecule has 0 aliphatic carbocycles. The predicted molar refractivity (Wildman–Crippen MR) is 111 cm³/mol. The topological polar surface area (TPSA) is 101 Å². The summed E-state index contributed by atoms with van der Waals surface area (Å²) in [6.45, 7) is 0. The first-order valence-electron chi connectivity index (χ1n) is 9.06. The summed E-state index contributed by atoms with van der Waals surface area (Å²) in [5, 5.41) is 7.97. The number of aromatic amines is 2. The van der Waals surface area contributed by atoms with Gasteiger partial charge < -0.3 is 14.7 Å². The molecule has 144 valence electrons. The van der Waals surface area contributed by atoms with Gasteiger partial charge in [0.1, 0.15) is 16.8 Å². The fourth-order valence-corrected chi connectivity index (χ4v) is 3.46. The lowest BCUT2D eigenvalue weighted by molar-refractivity contribution is 0.102. The minimum absolute atomic E-state index is 0.287. The molecule has 3 N–H and O–H groups in total. The molecular formula is C21H18N6O2. The number of nitrogens with zero attached hydrogens (tertiary/aromatic N) is 3. The number of carbonyl (C=O) groups excluding carboxylic acids is 1. The standard InChI is InChI=1S/C21H18N6O2/c1-27-11-14(10-23-27)20(28)26-21-24-18-15(5-6-17(29-2)19(18)25-21)13-4-3-12-7-8-22-16(12)9-13/h3-11,22H,1-2H3,(H2,24,25,26,28). The van der Waals surface area contributed by atoms with E-state index >= 15 is 0 Å². The largest absolute Gasteiger partial charge is 0.494 e. The first kappa shape index (κ1) is 17.1. The number of hydrogen-bond acceptors (Lipinski definition) is 4. The minimum atomic E-state index is -0.287. The third kappa shape index (κ3) is 2.91. The molecule has 8 nitrogen and oxygen atoms in total. The molecule has 0 radical (unpaired) electrons. The van der Waals surface area contributed by atoms with Crippen LogP contribution in [-0.4, -0.2) is 37.7 Å². The Hall–Kier alpha value is -4.07. The summed E-state index contributed by atoms with van der Waals surface area (Å²) in [6, 6.07) is 12.1. The average molecular weight is 386 g/mol. The maximum absolute atomic E-state index is 12.5. The molecule has 0 aliphatic rings. The minimum Gasteiger partial charge on any atom is -0.494 e. The number of nitrogens with one attached hydrogen (secondary N) is 3. The van der Waals surface area contributed by atoms with E-state index < -0.39 is 0 Å². The van der Waals surface area contributed by atoms with Gasteiger partial charge in [0.15, 0.2) is 0 Å². The number of benzene rings is 2. The van der Waals surface area contributed by atoms with Crippen molar-refractivity contribution in [3.63, 3.8) is 0 Å². The van der Waals surface area contributed by atoms with Crippen LogP contribution in [0.1, 0.15) is 10.4 Å². The van der Waals surface area contributed by atoms with Crippen LogP contribution < -0.4 is 10.1 Å². The van der Waals surface area contributed by atoms with Crippen LogP contribution >= 0.6 is 0 Å². The van der Waals surface area contributed by atoms with Gasteiger partial charge in [-0.2, -0.15) is 5.10 Å². The Bertz CT molecular complexity index is 1360. The number of aryl methyl sites for hydroxylation is 1. The van der Waals surface area contributed by atoms with Crippen molar-refractivity contribution in [3.05, 3.63) is 60.6 Å². The van der Waals surface area contributed by atoms with Crippen LogP contribution in [0.3, 0.4) is 0 Å². The molecule has 0 bridgehead atoms. The number of methoxy groups -OCH3 is 1. The molecular weight excluding hydrogens is 368 g/mol. The summed E-state index contributed by atoms with van der Waals surface area (Å²) in [5.41, 5.74) is 4.90. The van der Waals surface area contributed by atoms with E-state index in [0.29, 0.717) is 17.3 Å². The quantitative estimate of drug-likeness (QED) is 0.438. The average Bonchev–Trinajstić information content (AvgIpc) is 3.45. The highest BCUT2D eigenvalue weighted by Gasteiger charge is 2.16. The zero-order chi connectivity index (χ0) is 20.0. The maximum Gasteiger partial charge on any atom is 0.261 e. The molecule has 5 rings (SSSR count). The number of anilines is 1. The van der Waals surface area contributed by atoms with E-state index in [2.05, 4.69) is 43.6 Å². The lowest BCUT2D eigenvalue weighted by Crippen LogP contribution is -2.12. The molecule has 0 atom stereocenters. The fraction of sp³-hybridized carbons (Fsp3) is 0.0952. The highest BCUT2D eigenvalue weighted by molar-refractivity contribution is 6.05. The number of amides is 1. The van der Waals surface area contributed by atoms with Crippen LogP contribution in [0.5, 0.6) is 5.75 Å². The molecule has 0 fully saturated rings. The Morgan fingerprint density at radius 1 is 1.21 bits per heavy atom. The second-order valence-corrected chi connectivity index (χ2v) is 6.76. The third-order valence-electron chi connectivity index (χ3n) is 4.89.